The molecule has 0 fully saturated rings. The highest BCUT2D eigenvalue weighted by atomic mass is 35.5. The average Bonchev–Trinajstić information content (AvgIpc) is 2.92. The molecule has 2 amide bonds. The molecule has 11 heteroatoms. The van der Waals surface area contributed by atoms with Crippen molar-refractivity contribution >= 4 is 50.7 Å². The molecule has 0 bridgehead atoms. The van der Waals surface area contributed by atoms with E-state index < -0.39 is 28.4 Å². The number of ether oxygens (including phenoxy) is 1. The fourth-order valence-electron chi connectivity index (χ4n) is 2.91. The van der Waals surface area contributed by atoms with Gasteiger partial charge in [0.05, 0.1) is 10.6 Å². The van der Waals surface area contributed by atoms with Gasteiger partial charge in [0, 0.05) is 11.9 Å². The fraction of sp³-hybridized carbons (Fsp3) is 0.0500. The van der Waals surface area contributed by atoms with Crippen LogP contribution in [0.15, 0.2) is 65.7 Å². The van der Waals surface area contributed by atoms with Crippen molar-refractivity contribution < 1.29 is 22.7 Å². The molecule has 0 atom stereocenters. The van der Waals surface area contributed by atoms with E-state index >= 15 is 0 Å². The summed E-state index contributed by atoms with van der Waals surface area (Å²) in [6.07, 6.45) is 1.39. The predicted molar refractivity (Wildman–Crippen MR) is 114 cm³/mol. The Kier molecular flexibility index (Phi) is 5.57. The number of anilines is 1. The molecule has 2 heterocycles. The lowest BCUT2D eigenvalue weighted by molar-refractivity contribution is -0.116. The number of carbonyl (C=O) groups excluding carboxylic acids is 2. The van der Waals surface area contributed by atoms with Gasteiger partial charge in [-0.2, -0.15) is 0 Å². The molecule has 0 spiro atoms. The molecule has 3 aromatic rings. The minimum absolute atomic E-state index is 0.0475. The minimum atomic E-state index is -4.06. The Hall–Kier alpha value is -3.14. The highest BCUT2D eigenvalue weighted by Gasteiger charge is 2.41. The second-order valence-electron chi connectivity index (χ2n) is 6.43. The molecular formula is C20H13Cl2N3O5S. The van der Waals surface area contributed by atoms with Crippen LogP contribution in [-0.2, 0) is 14.8 Å². The van der Waals surface area contributed by atoms with E-state index in [0.717, 1.165) is 0 Å². The summed E-state index contributed by atoms with van der Waals surface area (Å²) < 4.78 is 31.2. The number of amides is 2. The predicted octanol–water partition coefficient (Wildman–Crippen LogP) is 3.96. The van der Waals surface area contributed by atoms with Gasteiger partial charge in [-0.05, 0) is 42.5 Å². The SMILES string of the molecule is O=C(CN1C(=O)c2ccccc2S1(=O)=O)Nc1ccc(Oc2ncc(Cl)cc2Cl)cc1. The van der Waals surface area contributed by atoms with Crippen LogP contribution in [0.3, 0.4) is 0 Å². The first-order chi connectivity index (χ1) is 14.8. The van der Waals surface area contributed by atoms with Crippen molar-refractivity contribution in [1.29, 1.82) is 0 Å². The maximum Gasteiger partial charge on any atom is 0.269 e. The van der Waals surface area contributed by atoms with Crippen LogP contribution < -0.4 is 10.1 Å². The highest BCUT2D eigenvalue weighted by molar-refractivity contribution is 7.90. The van der Waals surface area contributed by atoms with E-state index in [-0.39, 0.29) is 21.4 Å². The normalized spacial score (nSPS) is 14.3. The Morgan fingerprint density at radius 2 is 1.81 bits per heavy atom. The third-order valence-electron chi connectivity index (χ3n) is 4.33. The summed E-state index contributed by atoms with van der Waals surface area (Å²) in [4.78, 5) is 28.6. The van der Waals surface area contributed by atoms with Gasteiger partial charge >= 0.3 is 0 Å². The number of halogens is 2. The number of hydrogen-bond donors (Lipinski definition) is 1. The lowest BCUT2D eigenvalue weighted by Gasteiger charge is -2.15. The first-order valence-corrected chi connectivity index (χ1v) is 11.0. The maximum atomic E-state index is 12.5. The van der Waals surface area contributed by atoms with Gasteiger partial charge in [0.1, 0.15) is 22.2 Å². The molecule has 8 nitrogen and oxygen atoms in total. The van der Waals surface area contributed by atoms with Crippen LogP contribution in [0.25, 0.3) is 0 Å². The van der Waals surface area contributed by atoms with Crippen molar-refractivity contribution in [2.45, 2.75) is 4.90 Å². The van der Waals surface area contributed by atoms with Gasteiger partial charge in [-0.3, -0.25) is 9.59 Å². The van der Waals surface area contributed by atoms with Gasteiger partial charge in [-0.25, -0.2) is 17.7 Å². The number of carbonyl (C=O) groups is 2. The Labute approximate surface area is 187 Å². The number of sulfonamides is 1. The maximum absolute atomic E-state index is 12.5. The number of hydrogen-bond acceptors (Lipinski definition) is 6. The number of rotatable bonds is 5. The van der Waals surface area contributed by atoms with E-state index in [9.17, 15) is 18.0 Å². The smallest absolute Gasteiger partial charge is 0.269 e. The third-order valence-corrected chi connectivity index (χ3v) is 6.59. The molecule has 1 aliphatic rings. The van der Waals surface area contributed by atoms with Crippen LogP contribution in [0.5, 0.6) is 11.6 Å². The average molecular weight is 478 g/mol. The summed E-state index contributed by atoms with van der Waals surface area (Å²) in [5.74, 6) is -0.828. The van der Waals surface area contributed by atoms with Gasteiger partial charge in [0.15, 0.2) is 0 Å². The second-order valence-corrected chi connectivity index (χ2v) is 9.10. The topological polar surface area (TPSA) is 106 Å². The van der Waals surface area contributed by atoms with Crippen LogP contribution in [0, 0.1) is 0 Å². The summed E-state index contributed by atoms with van der Waals surface area (Å²) in [5, 5.41) is 3.16. The molecule has 1 N–H and O–H groups in total. The van der Waals surface area contributed by atoms with Crippen LogP contribution in [0.4, 0.5) is 5.69 Å². The summed E-state index contributed by atoms with van der Waals surface area (Å²) in [6.45, 7) is -0.640. The minimum Gasteiger partial charge on any atom is -0.438 e. The number of nitrogens with zero attached hydrogens (tertiary/aromatic N) is 2. The quantitative estimate of drug-likeness (QED) is 0.595. The largest absolute Gasteiger partial charge is 0.438 e. The van der Waals surface area contributed by atoms with Crippen molar-refractivity contribution in [3.63, 3.8) is 0 Å². The first kappa shape index (κ1) is 21.1. The number of aromatic nitrogens is 1. The summed E-state index contributed by atoms with van der Waals surface area (Å²) in [5.41, 5.74) is 0.431. The van der Waals surface area contributed by atoms with Gasteiger partial charge < -0.3 is 10.1 Å². The van der Waals surface area contributed by atoms with E-state index in [4.69, 9.17) is 27.9 Å². The van der Waals surface area contributed by atoms with E-state index in [1.54, 1.807) is 30.3 Å². The Morgan fingerprint density at radius 3 is 2.48 bits per heavy atom. The van der Waals surface area contributed by atoms with Gasteiger partial charge in [-0.1, -0.05) is 35.3 Å². The van der Waals surface area contributed by atoms with Gasteiger partial charge in [0.25, 0.3) is 15.9 Å². The zero-order valence-electron chi connectivity index (χ0n) is 15.6. The second kappa shape index (κ2) is 8.18. The molecule has 158 valence electrons. The summed E-state index contributed by atoms with van der Waals surface area (Å²) >= 11 is 11.8. The van der Waals surface area contributed by atoms with Crippen LogP contribution >= 0.6 is 23.2 Å². The molecule has 31 heavy (non-hydrogen) atoms. The molecule has 1 aromatic heterocycles. The number of pyridine rings is 1. The molecule has 2 aromatic carbocycles. The molecule has 0 aliphatic carbocycles. The molecular weight excluding hydrogens is 465 g/mol. The molecule has 4 rings (SSSR count). The monoisotopic (exact) mass is 477 g/mol. The summed E-state index contributed by atoms with van der Waals surface area (Å²) in [6, 6.07) is 13.5. The van der Waals surface area contributed by atoms with E-state index in [0.29, 0.717) is 20.8 Å². The zero-order chi connectivity index (χ0) is 22.2. The third kappa shape index (κ3) is 4.20. The Balaban J connectivity index is 1.42. The van der Waals surface area contributed by atoms with Crippen molar-refractivity contribution in [1.82, 2.24) is 9.29 Å². The summed E-state index contributed by atoms with van der Waals surface area (Å²) in [7, 11) is -4.06. The molecule has 0 unspecified atom stereocenters. The standard InChI is InChI=1S/C20H13Cl2N3O5S/c21-12-9-16(22)19(23-10-12)30-14-7-5-13(6-8-14)24-18(26)11-25-20(27)15-3-1-2-4-17(15)31(25,28)29/h1-10H,11H2,(H,24,26). The van der Waals surface area contributed by atoms with Gasteiger partial charge in [0.2, 0.25) is 11.8 Å². The van der Waals surface area contributed by atoms with E-state index in [2.05, 4.69) is 10.3 Å². The first-order valence-electron chi connectivity index (χ1n) is 8.80. The Bertz CT molecular complexity index is 1300. The lowest BCUT2D eigenvalue weighted by Crippen LogP contribution is -2.37. The lowest BCUT2D eigenvalue weighted by atomic mass is 10.2. The van der Waals surface area contributed by atoms with Crippen LogP contribution in [0.2, 0.25) is 10.0 Å². The van der Waals surface area contributed by atoms with E-state index in [1.807, 2.05) is 0 Å². The highest BCUT2D eigenvalue weighted by Crippen LogP contribution is 2.31. The molecule has 1 aliphatic heterocycles. The molecule has 0 radical (unpaired) electrons. The van der Waals surface area contributed by atoms with Crippen molar-refractivity contribution in [2.75, 3.05) is 11.9 Å². The fourth-order valence-corrected chi connectivity index (χ4v) is 4.86. The number of nitrogens with one attached hydrogen (secondary N) is 1. The number of fused-ring (bicyclic) bond motifs is 1. The van der Waals surface area contributed by atoms with E-state index in [1.165, 1.54) is 30.5 Å². The van der Waals surface area contributed by atoms with Crippen molar-refractivity contribution in [3.05, 3.63) is 76.4 Å². The molecule has 0 saturated carbocycles. The van der Waals surface area contributed by atoms with Gasteiger partial charge in [-0.15, -0.1) is 0 Å². The number of benzene rings is 2. The zero-order valence-corrected chi connectivity index (χ0v) is 17.9. The molecule has 0 saturated heterocycles. The van der Waals surface area contributed by atoms with Crippen LogP contribution in [-0.4, -0.2) is 36.1 Å². The Morgan fingerprint density at radius 1 is 1.10 bits per heavy atom. The van der Waals surface area contributed by atoms with Crippen molar-refractivity contribution in [3.8, 4) is 11.6 Å². The van der Waals surface area contributed by atoms with Crippen LogP contribution in [0.1, 0.15) is 10.4 Å². The van der Waals surface area contributed by atoms with Crippen molar-refractivity contribution in [2.24, 2.45) is 0 Å².